The molecule has 8 heteroatoms. The molecule has 0 aromatic heterocycles. The van der Waals surface area contributed by atoms with Gasteiger partial charge < -0.3 is 16.5 Å². The highest BCUT2D eigenvalue weighted by Crippen LogP contribution is 2.43. The van der Waals surface area contributed by atoms with Crippen LogP contribution in [-0.4, -0.2) is 34.2 Å². The van der Waals surface area contributed by atoms with Gasteiger partial charge in [0.25, 0.3) is 0 Å². The van der Waals surface area contributed by atoms with Gasteiger partial charge >= 0.3 is 34.2 Å². The van der Waals surface area contributed by atoms with Crippen LogP contribution in [0, 0.1) is 0 Å². The van der Waals surface area contributed by atoms with Crippen molar-refractivity contribution in [2.45, 2.75) is 77.6 Å². The normalized spacial score (nSPS) is 36.6. The van der Waals surface area contributed by atoms with Crippen LogP contribution >= 0.6 is 0 Å². The first kappa shape index (κ1) is 25.7. The Morgan fingerprint density at radius 1 is 0.607 bits per heavy atom. The van der Waals surface area contributed by atoms with Crippen LogP contribution in [0.4, 0.5) is 0 Å². The highest BCUT2D eigenvalue weighted by Gasteiger charge is 2.61. The van der Waals surface area contributed by atoms with E-state index in [-0.39, 0.29) is 11.1 Å². The third-order valence-electron chi connectivity index (χ3n) is 5.33. The summed E-state index contributed by atoms with van der Waals surface area (Å²) in [5, 5.41) is 0. The zero-order valence-corrected chi connectivity index (χ0v) is 22.8. The maximum atomic E-state index is 6.99. The molecule has 0 aliphatic carbocycles. The lowest BCUT2D eigenvalue weighted by molar-refractivity contribution is 0.225. The van der Waals surface area contributed by atoms with E-state index in [0.29, 0.717) is 0 Å². The molecule has 1 fully saturated rings. The van der Waals surface area contributed by atoms with Crippen LogP contribution < -0.4 is 0 Å². The molecule has 1 saturated heterocycles. The summed E-state index contributed by atoms with van der Waals surface area (Å²) >= 11 is 0. The van der Waals surface area contributed by atoms with Crippen LogP contribution in [0.3, 0.4) is 0 Å². The summed E-state index contributed by atoms with van der Waals surface area (Å²) in [6.45, 7) is 29.3. The Morgan fingerprint density at radius 2 is 0.964 bits per heavy atom. The van der Waals surface area contributed by atoms with Crippen LogP contribution in [0.25, 0.3) is 0 Å². The first-order valence-electron chi connectivity index (χ1n) is 10.4. The van der Waals surface area contributed by atoms with Crippen molar-refractivity contribution in [1.82, 2.24) is 0 Å². The van der Waals surface area contributed by atoms with Crippen molar-refractivity contribution in [3.63, 3.8) is 0 Å². The van der Waals surface area contributed by atoms with Gasteiger partial charge in [-0.1, -0.05) is 77.2 Å². The molecule has 28 heavy (non-hydrogen) atoms. The van der Waals surface area contributed by atoms with Gasteiger partial charge in [-0.3, -0.25) is 0 Å². The monoisotopic (exact) mass is 456 g/mol. The first-order valence-corrected chi connectivity index (χ1v) is 18.6. The molecule has 1 aliphatic rings. The minimum Gasteiger partial charge on any atom is -0.409 e. The molecule has 4 nitrogen and oxygen atoms in total. The smallest absolute Gasteiger partial charge is 0.349 e. The maximum Gasteiger partial charge on any atom is 0.349 e. The van der Waals surface area contributed by atoms with Gasteiger partial charge in [-0.15, -0.1) is 26.3 Å². The lowest BCUT2D eigenvalue weighted by atomic mass is 10.6. The molecule has 0 aromatic carbocycles. The van der Waals surface area contributed by atoms with Gasteiger partial charge in [0.05, 0.1) is 0 Å². The van der Waals surface area contributed by atoms with E-state index in [1.165, 1.54) is 0 Å². The van der Waals surface area contributed by atoms with Gasteiger partial charge in [0.1, 0.15) is 0 Å². The van der Waals surface area contributed by atoms with E-state index < -0.39 is 34.2 Å². The van der Waals surface area contributed by atoms with E-state index in [1.807, 2.05) is 22.8 Å². The molecule has 0 bridgehead atoms. The summed E-state index contributed by atoms with van der Waals surface area (Å²) in [4.78, 5) is 0. The van der Waals surface area contributed by atoms with Crippen molar-refractivity contribution >= 4 is 34.2 Å². The third-order valence-corrected chi connectivity index (χ3v) is 24.0. The average Bonchev–Trinajstić information content (AvgIpc) is 2.65. The second-order valence-electron chi connectivity index (χ2n) is 8.10. The van der Waals surface area contributed by atoms with Gasteiger partial charge in [-0.2, -0.15) is 0 Å². The Morgan fingerprint density at radius 3 is 1.18 bits per heavy atom. The maximum absolute atomic E-state index is 6.99. The van der Waals surface area contributed by atoms with E-state index in [1.54, 1.807) is 0 Å². The zero-order chi connectivity index (χ0) is 21.6. The van der Waals surface area contributed by atoms with Crippen LogP contribution in [0.2, 0.25) is 23.2 Å². The fourth-order valence-electron chi connectivity index (χ4n) is 3.55. The predicted molar refractivity (Wildman–Crippen MR) is 129 cm³/mol. The minimum atomic E-state index is -2.84. The topological polar surface area (TPSA) is 36.9 Å². The molecule has 0 radical (unpaired) electrons. The summed E-state index contributed by atoms with van der Waals surface area (Å²) < 4.78 is 27.9. The van der Waals surface area contributed by atoms with Crippen molar-refractivity contribution in [2.75, 3.05) is 0 Å². The van der Waals surface area contributed by atoms with E-state index in [9.17, 15) is 0 Å². The summed E-state index contributed by atoms with van der Waals surface area (Å²) in [5.41, 5.74) is 7.96. The van der Waals surface area contributed by atoms with Gasteiger partial charge in [0.15, 0.2) is 0 Å². The molecular weight excluding hydrogens is 417 g/mol. The van der Waals surface area contributed by atoms with Gasteiger partial charge in [0, 0.05) is 0 Å². The highest BCUT2D eigenvalue weighted by molar-refractivity contribution is 7.00. The third kappa shape index (κ3) is 5.04. The fraction of sp³-hybridized carbons (Fsp3) is 0.600. The van der Waals surface area contributed by atoms with Crippen molar-refractivity contribution in [3.05, 3.63) is 49.1 Å². The number of hydrogen-bond donors (Lipinski definition) is 0. The van der Waals surface area contributed by atoms with E-state index in [2.05, 4.69) is 67.9 Å². The molecule has 0 saturated carbocycles. The van der Waals surface area contributed by atoms with E-state index in [0.717, 1.165) is 24.9 Å². The van der Waals surface area contributed by atoms with Crippen molar-refractivity contribution in [3.8, 4) is 0 Å². The van der Waals surface area contributed by atoms with Crippen LogP contribution in [0.5, 0.6) is 0 Å². The van der Waals surface area contributed by atoms with Gasteiger partial charge in [-0.05, 0) is 23.2 Å². The average molecular weight is 457 g/mol. The Kier molecular flexibility index (Phi) is 9.29. The second kappa shape index (κ2) is 10.1. The molecule has 4 unspecified atom stereocenters. The molecule has 0 N–H and O–H groups in total. The van der Waals surface area contributed by atoms with Gasteiger partial charge in [-0.25, -0.2) is 0 Å². The van der Waals surface area contributed by atoms with E-state index >= 15 is 0 Å². The molecule has 0 spiro atoms. The van der Waals surface area contributed by atoms with E-state index in [4.69, 9.17) is 16.5 Å². The number of hydrogen-bond acceptors (Lipinski definition) is 4. The Balaban J connectivity index is 3.76. The highest BCUT2D eigenvalue weighted by atomic mass is 28.5. The first-order chi connectivity index (χ1) is 13.1. The molecule has 1 aliphatic heterocycles. The van der Waals surface area contributed by atoms with Crippen molar-refractivity contribution in [2.24, 2.45) is 0 Å². The lowest BCUT2D eigenvalue weighted by Crippen LogP contribution is -2.70. The molecule has 4 atom stereocenters. The lowest BCUT2D eigenvalue weighted by Gasteiger charge is -2.52. The molecule has 160 valence electrons. The summed E-state index contributed by atoms with van der Waals surface area (Å²) in [6.07, 6.45) is 1.89. The molecular formula is C20H40O4Si4. The largest absolute Gasteiger partial charge is 0.409 e. The summed E-state index contributed by atoms with van der Waals surface area (Å²) in [7, 11) is -11.2. The Labute approximate surface area is 177 Å². The molecule has 0 aromatic rings. The van der Waals surface area contributed by atoms with Crippen molar-refractivity contribution in [1.29, 1.82) is 0 Å². The van der Waals surface area contributed by atoms with Crippen LogP contribution in [0.15, 0.2) is 49.1 Å². The fourth-order valence-corrected chi connectivity index (χ4v) is 25.2. The SMILES string of the molecule is C=C[Si]1(CCC)O[Si](C=C)(CCC)O[Si](C=C)(C(C)C)O[Si](C=C)(C(C)C)O1. The zero-order valence-electron chi connectivity index (χ0n) is 18.8. The molecule has 1 heterocycles. The summed E-state index contributed by atoms with van der Waals surface area (Å²) in [5.74, 6) is 0. The quantitative estimate of drug-likeness (QED) is 0.358. The minimum absolute atomic E-state index is 0.163. The van der Waals surface area contributed by atoms with Crippen molar-refractivity contribution < 1.29 is 16.5 Å². The Bertz CT molecular complexity index is 537. The molecule has 0 amide bonds. The molecule has 1 rings (SSSR count). The van der Waals surface area contributed by atoms with Crippen LogP contribution in [0.1, 0.15) is 54.4 Å². The standard InChI is InChI=1S/C20H40O4Si4/c1-11-17-25(13-3)21-26(14-4,18-12-2)23-28(16-6,20(9)10)24-27(15-5,22-25)19(7)8/h13-16,19-20H,3-6,11-12,17-18H2,1-2,7-10H3. The van der Waals surface area contributed by atoms with Gasteiger partial charge in [0.2, 0.25) is 0 Å². The second-order valence-corrected chi connectivity index (χ2v) is 22.4. The van der Waals surface area contributed by atoms with Crippen LogP contribution in [-0.2, 0) is 16.5 Å². The predicted octanol–water partition coefficient (Wildman–Crippen LogP) is 6.38. The summed E-state index contributed by atoms with van der Waals surface area (Å²) in [6, 6.07) is 1.63. The Hall–Kier alpha value is -0.332. The number of rotatable bonds is 10.